The molecule has 1 amide bonds. The lowest BCUT2D eigenvalue weighted by molar-refractivity contribution is -0.137. The highest BCUT2D eigenvalue weighted by atomic mass is 79.9. The van der Waals surface area contributed by atoms with Gasteiger partial charge in [0.25, 0.3) is 5.91 Å². The molecule has 0 radical (unpaired) electrons. The maximum absolute atomic E-state index is 13.2. The van der Waals surface area contributed by atoms with Crippen LogP contribution < -0.4 is 5.32 Å². The summed E-state index contributed by atoms with van der Waals surface area (Å²) in [6.45, 7) is 0. The molecule has 1 aliphatic carbocycles. The summed E-state index contributed by atoms with van der Waals surface area (Å²) in [6.07, 6.45) is -0.910. The van der Waals surface area contributed by atoms with E-state index in [1.807, 2.05) is 24.3 Å². The van der Waals surface area contributed by atoms with Gasteiger partial charge in [0.15, 0.2) is 0 Å². The molecular weight excluding hydrogens is 407 g/mol. The number of carbonyl (C=O) groups excluding carboxylic acids is 1. The highest BCUT2D eigenvalue weighted by molar-refractivity contribution is 9.10. The summed E-state index contributed by atoms with van der Waals surface area (Å²) in [7, 11) is 0. The smallest absolute Gasteiger partial charge is 0.349 e. The molecule has 6 heteroatoms. The molecule has 2 nitrogen and oxygen atoms in total. The average Bonchev–Trinajstić information content (AvgIpc) is 2.62. The van der Waals surface area contributed by atoms with E-state index in [4.69, 9.17) is 0 Å². The fourth-order valence-corrected chi connectivity index (χ4v) is 4.20. The van der Waals surface area contributed by atoms with Crippen molar-refractivity contribution in [2.45, 2.75) is 43.8 Å². The van der Waals surface area contributed by atoms with Gasteiger partial charge in [-0.25, -0.2) is 0 Å². The van der Waals surface area contributed by atoms with E-state index in [0.29, 0.717) is 0 Å². The van der Waals surface area contributed by atoms with Crippen LogP contribution in [-0.4, -0.2) is 11.9 Å². The van der Waals surface area contributed by atoms with Gasteiger partial charge in [-0.05, 0) is 36.6 Å². The van der Waals surface area contributed by atoms with Crippen molar-refractivity contribution in [3.8, 4) is 0 Å². The second kappa shape index (κ2) is 7.82. The number of rotatable bonds is 3. The average molecular weight is 426 g/mol. The van der Waals surface area contributed by atoms with Crippen molar-refractivity contribution in [1.29, 1.82) is 0 Å². The van der Waals surface area contributed by atoms with Gasteiger partial charge in [0.05, 0.1) is 11.1 Å². The number of amides is 1. The van der Waals surface area contributed by atoms with Crippen molar-refractivity contribution in [2.24, 2.45) is 0 Å². The maximum atomic E-state index is 13.2. The SMILES string of the molecule is O=C(N[C@H]1CCCC[C@@H]1c1ccccc1Br)c1ccccc1C(F)(F)F. The largest absolute Gasteiger partial charge is 0.417 e. The van der Waals surface area contributed by atoms with E-state index in [1.165, 1.54) is 18.2 Å². The Morgan fingerprint density at radius 3 is 2.38 bits per heavy atom. The minimum absolute atomic E-state index is 0.0846. The van der Waals surface area contributed by atoms with Gasteiger partial charge in [0, 0.05) is 16.4 Å². The van der Waals surface area contributed by atoms with Gasteiger partial charge in [-0.15, -0.1) is 0 Å². The third-order valence-electron chi connectivity index (χ3n) is 4.86. The lowest BCUT2D eigenvalue weighted by atomic mass is 9.80. The fourth-order valence-electron chi connectivity index (χ4n) is 3.63. The van der Waals surface area contributed by atoms with E-state index in [-0.39, 0.29) is 17.5 Å². The van der Waals surface area contributed by atoms with Crippen LogP contribution in [0, 0.1) is 0 Å². The predicted molar refractivity (Wildman–Crippen MR) is 98.0 cm³/mol. The van der Waals surface area contributed by atoms with E-state index in [0.717, 1.165) is 41.8 Å². The van der Waals surface area contributed by atoms with Crippen LogP contribution in [0.3, 0.4) is 0 Å². The van der Waals surface area contributed by atoms with Crippen LogP contribution in [0.5, 0.6) is 0 Å². The molecule has 1 aliphatic rings. The minimum atomic E-state index is -4.55. The van der Waals surface area contributed by atoms with E-state index >= 15 is 0 Å². The first kappa shape index (κ1) is 19.0. The lowest BCUT2D eigenvalue weighted by Gasteiger charge is -2.33. The van der Waals surface area contributed by atoms with Crippen LogP contribution in [0.2, 0.25) is 0 Å². The van der Waals surface area contributed by atoms with Gasteiger partial charge in [-0.1, -0.05) is 59.1 Å². The van der Waals surface area contributed by atoms with Crippen LogP contribution in [0.25, 0.3) is 0 Å². The summed E-state index contributed by atoms with van der Waals surface area (Å²) in [6, 6.07) is 12.5. The lowest BCUT2D eigenvalue weighted by Crippen LogP contribution is -2.41. The second-order valence-electron chi connectivity index (χ2n) is 6.54. The summed E-state index contributed by atoms with van der Waals surface area (Å²) >= 11 is 3.55. The maximum Gasteiger partial charge on any atom is 0.417 e. The Morgan fingerprint density at radius 2 is 1.65 bits per heavy atom. The van der Waals surface area contributed by atoms with E-state index in [2.05, 4.69) is 21.2 Å². The van der Waals surface area contributed by atoms with E-state index < -0.39 is 17.6 Å². The van der Waals surface area contributed by atoms with Crippen LogP contribution >= 0.6 is 15.9 Å². The summed E-state index contributed by atoms with van der Waals surface area (Å²) in [4.78, 5) is 12.6. The Kier molecular flexibility index (Phi) is 5.70. The quantitative estimate of drug-likeness (QED) is 0.648. The molecule has 0 unspecified atom stereocenters. The van der Waals surface area contributed by atoms with Gasteiger partial charge >= 0.3 is 6.18 Å². The molecule has 0 saturated heterocycles. The molecular formula is C20H19BrF3NO. The Morgan fingerprint density at radius 1 is 1.00 bits per heavy atom. The van der Waals surface area contributed by atoms with Crippen molar-refractivity contribution in [3.05, 3.63) is 69.7 Å². The molecule has 1 N–H and O–H groups in total. The molecule has 3 rings (SSSR count). The zero-order valence-electron chi connectivity index (χ0n) is 14.0. The Balaban J connectivity index is 1.85. The van der Waals surface area contributed by atoms with Crippen molar-refractivity contribution in [1.82, 2.24) is 5.32 Å². The molecule has 138 valence electrons. The van der Waals surface area contributed by atoms with Gasteiger partial charge in [0.2, 0.25) is 0 Å². The molecule has 1 fully saturated rings. The van der Waals surface area contributed by atoms with Crippen LogP contribution in [0.15, 0.2) is 53.0 Å². The molecule has 0 aliphatic heterocycles. The monoisotopic (exact) mass is 425 g/mol. The van der Waals surface area contributed by atoms with E-state index in [9.17, 15) is 18.0 Å². The first-order valence-corrected chi connectivity index (χ1v) is 9.38. The third kappa shape index (κ3) is 4.11. The number of carbonyl (C=O) groups is 1. The Bertz CT molecular complexity index is 791. The number of hydrogen-bond donors (Lipinski definition) is 1. The van der Waals surface area contributed by atoms with Crippen molar-refractivity contribution in [2.75, 3.05) is 0 Å². The second-order valence-corrected chi connectivity index (χ2v) is 7.39. The number of nitrogens with one attached hydrogen (secondary N) is 1. The van der Waals surface area contributed by atoms with Crippen molar-refractivity contribution < 1.29 is 18.0 Å². The number of halogens is 4. The zero-order chi connectivity index (χ0) is 18.7. The van der Waals surface area contributed by atoms with Gasteiger partial charge < -0.3 is 5.32 Å². The standard InChI is InChI=1S/C20H19BrF3NO/c21-17-11-5-2-7-13(17)14-8-3-6-12-18(14)25-19(26)15-9-1-4-10-16(15)20(22,23)24/h1-2,4-5,7,9-11,14,18H,3,6,8,12H2,(H,25,26)/t14-,18+/m1/s1. The zero-order valence-corrected chi connectivity index (χ0v) is 15.6. The number of hydrogen-bond acceptors (Lipinski definition) is 1. The molecule has 2 aromatic rings. The topological polar surface area (TPSA) is 29.1 Å². The van der Waals surface area contributed by atoms with Gasteiger partial charge in [-0.2, -0.15) is 13.2 Å². The first-order valence-electron chi connectivity index (χ1n) is 8.59. The highest BCUT2D eigenvalue weighted by Gasteiger charge is 2.36. The van der Waals surface area contributed by atoms with Gasteiger partial charge in [0.1, 0.15) is 0 Å². The highest BCUT2D eigenvalue weighted by Crippen LogP contribution is 2.37. The fraction of sp³-hybridized carbons (Fsp3) is 0.350. The molecule has 2 atom stereocenters. The van der Waals surface area contributed by atoms with E-state index in [1.54, 1.807) is 0 Å². The molecule has 2 aromatic carbocycles. The molecule has 0 bridgehead atoms. The van der Waals surface area contributed by atoms with Crippen LogP contribution in [0.4, 0.5) is 13.2 Å². The Hall–Kier alpha value is -1.82. The normalized spacial score (nSPS) is 20.6. The molecule has 1 saturated carbocycles. The molecule has 26 heavy (non-hydrogen) atoms. The van der Waals surface area contributed by atoms with Crippen LogP contribution in [-0.2, 0) is 6.18 Å². The Labute approximate surface area is 158 Å². The van der Waals surface area contributed by atoms with Crippen molar-refractivity contribution in [3.63, 3.8) is 0 Å². The summed E-state index contributed by atoms with van der Waals surface area (Å²) in [5.74, 6) is -0.580. The summed E-state index contributed by atoms with van der Waals surface area (Å²) in [5, 5.41) is 2.86. The number of benzene rings is 2. The molecule has 0 aromatic heterocycles. The first-order chi connectivity index (χ1) is 12.4. The molecule has 0 spiro atoms. The van der Waals surface area contributed by atoms with Crippen molar-refractivity contribution >= 4 is 21.8 Å². The number of alkyl halides is 3. The molecule has 0 heterocycles. The summed E-state index contributed by atoms with van der Waals surface area (Å²) in [5.41, 5.74) is -0.135. The minimum Gasteiger partial charge on any atom is -0.349 e. The third-order valence-corrected chi connectivity index (χ3v) is 5.59. The predicted octanol–water partition coefficient (Wildman–Crippen LogP) is 5.92. The summed E-state index contributed by atoms with van der Waals surface area (Å²) < 4.78 is 40.5. The van der Waals surface area contributed by atoms with Crippen LogP contribution in [0.1, 0.15) is 53.1 Å². The van der Waals surface area contributed by atoms with Gasteiger partial charge in [-0.3, -0.25) is 4.79 Å².